The number of hydrogen-bond acceptors (Lipinski definition) is 4. The second kappa shape index (κ2) is 7.03. The number of likely N-dealkylation sites (tertiary alicyclic amines) is 1. The molecular formula is C11H18N4O3S. The van der Waals surface area contributed by atoms with Gasteiger partial charge in [-0.25, -0.2) is 0 Å². The summed E-state index contributed by atoms with van der Waals surface area (Å²) in [4.78, 5) is 36.5. The minimum atomic E-state index is -0.865. The Bertz CT molecular complexity index is 393. The van der Waals surface area contributed by atoms with E-state index in [9.17, 15) is 14.4 Å². The van der Waals surface area contributed by atoms with Crippen LogP contribution in [0.1, 0.15) is 19.8 Å². The molecule has 1 atom stereocenters. The van der Waals surface area contributed by atoms with Crippen LogP contribution < -0.4 is 16.4 Å². The quantitative estimate of drug-likeness (QED) is 0.432. The average molecular weight is 286 g/mol. The Balaban J connectivity index is 2.40. The molecule has 7 nitrogen and oxygen atoms in total. The molecular weight excluding hydrogens is 268 g/mol. The average Bonchev–Trinajstić information content (AvgIpc) is 2.88. The summed E-state index contributed by atoms with van der Waals surface area (Å²) in [6, 6.07) is -0.721. The predicted octanol–water partition coefficient (Wildman–Crippen LogP) is -1.48. The summed E-state index contributed by atoms with van der Waals surface area (Å²) in [7, 11) is 0. The minimum absolute atomic E-state index is 0.0456. The molecule has 1 aliphatic rings. The van der Waals surface area contributed by atoms with Crippen LogP contribution in [0.25, 0.3) is 0 Å². The topological polar surface area (TPSA) is 105 Å². The molecule has 1 fully saturated rings. The van der Waals surface area contributed by atoms with Crippen LogP contribution in [0.15, 0.2) is 0 Å². The molecule has 19 heavy (non-hydrogen) atoms. The number of nitrogens with zero attached hydrogens (tertiary/aromatic N) is 1. The van der Waals surface area contributed by atoms with E-state index < -0.39 is 17.9 Å². The number of rotatable bonds is 4. The SMILES string of the molecule is CC(NC(=O)C(=O)NCC(N)=S)C(=O)N1CCCC1. The van der Waals surface area contributed by atoms with Crippen molar-refractivity contribution in [3.63, 3.8) is 0 Å². The Labute approximate surface area is 116 Å². The van der Waals surface area contributed by atoms with E-state index in [1.165, 1.54) is 0 Å². The van der Waals surface area contributed by atoms with E-state index in [4.69, 9.17) is 5.73 Å². The van der Waals surface area contributed by atoms with Crippen LogP contribution in [0.5, 0.6) is 0 Å². The number of nitrogens with one attached hydrogen (secondary N) is 2. The van der Waals surface area contributed by atoms with Crippen LogP contribution in [0, 0.1) is 0 Å². The van der Waals surface area contributed by atoms with Gasteiger partial charge < -0.3 is 21.3 Å². The maximum absolute atomic E-state index is 11.9. The molecule has 0 bridgehead atoms. The zero-order chi connectivity index (χ0) is 14.4. The summed E-state index contributed by atoms with van der Waals surface area (Å²) < 4.78 is 0. The van der Waals surface area contributed by atoms with Gasteiger partial charge in [-0.1, -0.05) is 12.2 Å². The molecule has 0 aromatic heterocycles. The predicted molar refractivity (Wildman–Crippen MR) is 73.2 cm³/mol. The summed E-state index contributed by atoms with van der Waals surface area (Å²) in [6.45, 7) is 2.91. The summed E-state index contributed by atoms with van der Waals surface area (Å²) in [5, 5.41) is 4.61. The zero-order valence-corrected chi connectivity index (χ0v) is 11.6. The number of nitrogens with two attached hydrogens (primary N) is 1. The first kappa shape index (κ1) is 15.4. The maximum atomic E-state index is 11.9. The van der Waals surface area contributed by atoms with Crippen molar-refractivity contribution in [3.8, 4) is 0 Å². The molecule has 1 aliphatic heterocycles. The van der Waals surface area contributed by atoms with Gasteiger partial charge in [-0.2, -0.15) is 0 Å². The van der Waals surface area contributed by atoms with Crippen molar-refractivity contribution in [1.29, 1.82) is 0 Å². The molecule has 0 saturated carbocycles. The van der Waals surface area contributed by atoms with Gasteiger partial charge in [0, 0.05) is 13.1 Å². The third kappa shape index (κ3) is 4.82. The molecule has 0 spiro atoms. The molecule has 1 rings (SSSR count). The highest BCUT2D eigenvalue weighted by Crippen LogP contribution is 2.08. The molecule has 4 N–H and O–H groups in total. The van der Waals surface area contributed by atoms with Crippen LogP contribution in [0.3, 0.4) is 0 Å². The highest BCUT2D eigenvalue weighted by molar-refractivity contribution is 7.80. The first-order valence-corrected chi connectivity index (χ1v) is 6.48. The van der Waals surface area contributed by atoms with E-state index in [2.05, 4.69) is 22.9 Å². The first-order valence-electron chi connectivity index (χ1n) is 6.07. The van der Waals surface area contributed by atoms with Crippen molar-refractivity contribution in [2.45, 2.75) is 25.8 Å². The van der Waals surface area contributed by atoms with Gasteiger partial charge in [0.05, 0.1) is 11.5 Å². The lowest BCUT2D eigenvalue weighted by molar-refractivity contribution is -0.141. The van der Waals surface area contributed by atoms with E-state index >= 15 is 0 Å². The standard InChI is InChI=1S/C11H18N4O3S/c1-7(11(18)15-4-2-3-5-15)14-10(17)9(16)13-6-8(12)19/h7H,2-6H2,1H3,(H2,12,19)(H,13,16)(H,14,17). The second-order valence-corrected chi connectivity index (χ2v) is 4.90. The minimum Gasteiger partial charge on any atom is -0.392 e. The molecule has 0 aromatic carbocycles. The Morgan fingerprint density at radius 1 is 1.26 bits per heavy atom. The van der Waals surface area contributed by atoms with Crippen LogP contribution in [0.4, 0.5) is 0 Å². The number of hydrogen-bond donors (Lipinski definition) is 3. The lowest BCUT2D eigenvalue weighted by Gasteiger charge is -2.20. The lowest BCUT2D eigenvalue weighted by atomic mass is 10.3. The van der Waals surface area contributed by atoms with E-state index in [0.717, 1.165) is 12.8 Å². The van der Waals surface area contributed by atoms with Crippen molar-refractivity contribution in [2.75, 3.05) is 19.6 Å². The van der Waals surface area contributed by atoms with Gasteiger partial charge in [0.2, 0.25) is 5.91 Å². The molecule has 0 radical (unpaired) electrons. The van der Waals surface area contributed by atoms with Gasteiger partial charge in [0.15, 0.2) is 0 Å². The Hall–Kier alpha value is -1.70. The van der Waals surface area contributed by atoms with Crippen molar-refractivity contribution >= 4 is 34.9 Å². The van der Waals surface area contributed by atoms with Crippen molar-refractivity contribution < 1.29 is 14.4 Å². The molecule has 1 unspecified atom stereocenters. The van der Waals surface area contributed by atoms with E-state index in [0.29, 0.717) is 13.1 Å². The molecule has 8 heteroatoms. The summed E-state index contributed by atoms with van der Waals surface area (Å²) in [5.74, 6) is -1.89. The smallest absolute Gasteiger partial charge is 0.309 e. The summed E-state index contributed by atoms with van der Waals surface area (Å²) >= 11 is 4.57. The van der Waals surface area contributed by atoms with Crippen LogP contribution in [-0.2, 0) is 14.4 Å². The fraction of sp³-hybridized carbons (Fsp3) is 0.636. The van der Waals surface area contributed by atoms with Crippen molar-refractivity contribution in [1.82, 2.24) is 15.5 Å². The highest BCUT2D eigenvalue weighted by atomic mass is 32.1. The van der Waals surface area contributed by atoms with E-state index in [-0.39, 0.29) is 17.4 Å². The van der Waals surface area contributed by atoms with Gasteiger partial charge in [0.1, 0.15) is 6.04 Å². The molecule has 0 aliphatic carbocycles. The van der Waals surface area contributed by atoms with Gasteiger partial charge in [0.25, 0.3) is 0 Å². The third-order valence-corrected chi connectivity index (χ3v) is 2.91. The normalized spacial score (nSPS) is 15.7. The van der Waals surface area contributed by atoms with Gasteiger partial charge >= 0.3 is 11.8 Å². The van der Waals surface area contributed by atoms with Crippen LogP contribution in [-0.4, -0.2) is 53.3 Å². The van der Waals surface area contributed by atoms with Crippen molar-refractivity contribution in [3.05, 3.63) is 0 Å². The fourth-order valence-electron chi connectivity index (χ4n) is 1.78. The third-order valence-electron chi connectivity index (χ3n) is 2.77. The Kier molecular flexibility index (Phi) is 5.68. The molecule has 3 amide bonds. The summed E-state index contributed by atoms with van der Waals surface area (Å²) in [6.07, 6.45) is 1.95. The second-order valence-electron chi connectivity index (χ2n) is 4.38. The van der Waals surface area contributed by atoms with Crippen LogP contribution >= 0.6 is 12.2 Å². The van der Waals surface area contributed by atoms with E-state index in [1.54, 1.807) is 11.8 Å². The molecule has 1 saturated heterocycles. The first-order chi connectivity index (χ1) is 8.91. The Morgan fingerprint density at radius 2 is 1.84 bits per heavy atom. The van der Waals surface area contributed by atoms with Crippen molar-refractivity contribution in [2.24, 2.45) is 5.73 Å². The number of thiocarbonyl (C=S) groups is 1. The fourth-order valence-corrected chi connectivity index (χ4v) is 1.86. The van der Waals surface area contributed by atoms with Gasteiger partial charge in [-0.05, 0) is 19.8 Å². The van der Waals surface area contributed by atoms with Gasteiger partial charge in [-0.3, -0.25) is 14.4 Å². The number of carbonyl (C=O) groups excluding carboxylic acids is 3. The summed E-state index contributed by atoms with van der Waals surface area (Å²) in [5.41, 5.74) is 5.20. The zero-order valence-electron chi connectivity index (χ0n) is 10.8. The number of amides is 3. The van der Waals surface area contributed by atoms with E-state index in [1.807, 2.05) is 0 Å². The maximum Gasteiger partial charge on any atom is 0.309 e. The van der Waals surface area contributed by atoms with Gasteiger partial charge in [-0.15, -0.1) is 0 Å². The van der Waals surface area contributed by atoms with Crippen LogP contribution in [0.2, 0.25) is 0 Å². The molecule has 0 aromatic rings. The molecule has 106 valence electrons. The largest absolute Gasteiger partial charge is 0.392 e. The molecule has 1 heterocycles. The highest BCUT2D eigenvalue weighted by Gasteiger charge is 2.26. The lowest BCUT2D eigenvalue weighted by Crippen LogP contribution is -2.50. The Morgan fingerprint density at radius 3 is 2.37 bits per heavy atom. The number of carbonyl (C=O) groups is 3. The monoisotopic (exact) mass is 286 g/mol.